The van der Waals surface area contributed by atoms with E-state index in [1.165, 1.54) is 5.56 Å². The van der Waals surface area contributed by atoms with Crippen molar-refractivity contribution in [3.05, 3.63) is 35.5 Å². The highest BCUT2D eigenvalue weighted by Gasteiger charge is 2.06. The topological polar surface area (TPSA) is 41.6 Å². The van der Waals surface area contributed by atoms with Gasteiger partial charge in [-0.1, -0.05) is 13.0 Å². The summed E-state index contributed by atoms with van der Waals surface area (Å²) < 4.78 is 0. The molecule has 0 fully saturated rings. The van der Waals surface area contributed by atoms with E-state index in [0.29, 0.717) is 0 Å². The lowest BCUT2D eigenvalue weighted by Gasteiger charge is -1.93. The summed E-state index contributed by atoms with van der Waals surface area (Å²) in [7, 11) is 0. The number of aryl methyl sites for hydroxylation is 1. The van der Waals surface area contributed by atoms with Crippen LogP contribution in [0, 0.1) is 0 Å². The van der Waals surface area contributed by atoms with Gasteiger partial charge in [-0.25, -0.2) is 4.98 Å². The van der Waals surface area contributed by atoms with Crippen LogP contribution >= 0.6 is 11.3 Å². The van der Waals surface area contributed by atoms with Crippen molar-refractivity contribution in [1.82, 2.24) is 15.0 Å². The van der Waals surface area contributed by atoms with Crippen molar-refractivity contribution in [3.8, 4) is 10.7 Å². The van der Waals surface area contributed by atoms with E-state index in [-0.39, 0.29) is 0 Å². The molecule has 0 atom stereocenters. The van der Waals surface area contributed by atoms with Crippen molar-refractivity contribution in [2.24, 2.45) is 0 Å². The molecule has 0 radical (unpaired) electrons. The zero-order valence-electron chi connectivity index (χ0n) is 8.90. The number of nitrogens with one attached hydrogen (secondary N) is 1. The number of nitrogens with zero attached hydrogens (tertiary/aromatic N) is 2. The van der Waals surface area contributed by atoms with E-state index in [2.05, 4.69) is 40.1 Å². The second-order valence-corrected chi connectivity index (χ2v) is 4.54. The Morgan fingerprint density at radius 2 is 2.31 bits per heavy atom. The smallest absolute Gasteiger partial charge is 0.150 e. The molecule has 2 aromatic heterocycles. The van der Waals surface area contributed by atoms with Crippen LogP contribution in [0.2, 0.25) is 0 Å². The van der Waals surface area contributed by atoms with E-state index < -0.39 is 0 Å². The van der Waals surface area contributed by atoms with Crippen LogP contribution < -0.4 is 0 Å². The number of hydrogen-bond acceptors (Lipinski definition) is 3. The van der Waals surface area contributed by atoms with Crippen LogP contribution in [0.25, 0.3) is 21.7 Å². The maximum absolute atomic E-state index is 4.55. The number of H-pyrrole nitrogens is 1. The Hall–Kier alpha value is -1.68. The SMILES string of the molecule is CCc1ccc2nc(-c3cncs3)[nH]c2c1. The van der Waals surface area contributed by atoms with Crippen LogP contribution in [-0.2, 0) is 6.42 Å². The second kappa shape index (κ2) is 3.72. The molecule has 3 nitrogen and oxygen atoms in total. The summed E-state index contributed by atoms with van der Waals surface area (Å²) in [5.41, 5.74) is 5.26. The third-order valence-electron chi connectivity index (χ3n) is 2.62. The minimum atomic E-state index is 0.908. The standard InChI is InChI=1S/C12H11N3S/c1-2-8-3-4-9-10(5-8)15-12(14-9)11-6-13-7-16-11/h3-7H,2H2,1H3,(H,14,15). The number of aromatic nitrogens is 3. The maximum atomic E-state index is 4.55. The quantitative estimate of drug-likeness (QED) is 0.733. The number of fused-ring (bicyclic) bond motifs is 1. The van der Waals surface area contributed by atoms with Crippen molar-refractivity contribution in [1.29, 1.82) is 0 Å². The molecule has 0 aliphatic rings. The fraction of sp³-hybridized carbons (Fsp3) is 0.167. The van der Waals surface area contributed by atoms with Crippen LogP contribution in [0.3, 0.4) is 0 Å². The number of benzene rings is 1. The summed E-state index contributed by atoms with van der Waals surface area (Å²) in [6, 6.07) is 6.35. The van der Waals surface area contributed by atoms with Crippen LogP contribution in [-0.4, -0.2) is 15.0 Å². The summed E-state index contributed by atoms with van der Waals surface area (Å²) in [6.07, 6.45) is 2.88. The third kappa shape index (κ3) is 1.51. The first-order valence-electron chi connectivity index (χ1n) is 5.24. The minimum Gasteiger partial charge on any atom is -0.337 e. The number of aromatic amines is 1. The molecular weight excluding hydrogens is 218 g/mol. The monoisotopic (exact) mass is 229 g/mol. The average Bonchev–Trinajstić information content (AvgIpc) is 2.96. The van der Waals surface area contributed by atoms with Gasteiger partial charge in [0.05, 0.1) is 21.4 Å². The van der Waals surface area contributed by atoms with Crippen LogP contribution in [0.15, 0.2) is 29.9 Å². The van der Waals surface area contributed by atoms with Crippen molar-refractivity contribution in [3.63, 3.8) is 0 Å². The molecule has 4 heteroatoms. The fourth-order valence-electron chi connectivity index (χ4n) is 1.73. The predicted molar refractivity (Wildman–Crippen MR) is 66.6 cm³/mol. The lowest BCUT2D eigenvalue weighted by Crippen LogP contribution is -1.78. The molecular formula is C12H11N3S. The molecule has 3 rings (SSSR count). The van der Waals surface area contributed by atoms with E-state index in [0.717, 1.165) is 28.2 Å². The molecule has 80 valence electrons. The Bertz CT molecular complexity index is 610. The van der Waals surface area contributed by atoms with Gasteiger partial charge in [-0.2, -0.15) is 0 Å². The van der Waals surface area contributed by atoms with Gasteiger partial charge in [-0.3, -0.25) is 4.98 Å². The van der Waals surface area contributed by atoms with Crippen LogP contribution in [0.5, 0.6) is 0 Å². The first-order chi connectivity index (χ1) is 7.86. The van der Waals surface area contributed by atoms with E-state index in [1.54, 1.807) is 11.3 Å². The zero-order valence-corrected chi connectivity index (χ0v) is 9.71. The van der Waals surface area contributed by atoms with Crippen molar-refractivity contribution in [2.45, 2.75) is 13.3 Å². The van der Waals surface area contributed by atoms with E-state index in [9.17, 15) is 0 Å². The Kier molecular flexibility index (Phi) is 2.22. The van der Waals surface area contributed by atoms with Crippen molar-refractivity contribution < 1.29 is 0 Å². The molecule has 0 saturated heterocycles. The molecule has 0 aliphatic carbocycles. The second-order valence-electron chi connectivity index (χ2n) is 3.66. The number of imidazole rings is 1. The molecule has 0 aliphatic heterocycles. The molecule has 2 heterocycles. The predicted octanol–water partition coefficient (Wildman–Crippen LogP) is 3.25. The van der Waals surface area contributed by atoms with Gasteiger partial charge in [0, 0.05) is 6.20 Å². The van der Waals surface area contributed by atoms with Gasteiger partial charge in [0.25, 0.3) is 0 Å². The third-order valence-corrected chi connectivity index (χ3v) is 3.40. The van der Waals surface area contributed by atoms with Crippen LogP contribution in [0.1, 0.15) is 12.5 Å². The first-order valence-corrected chi connectivity index (χ1v) is 6.12. The Morgan fingerprint density at radius 1 is 1.38 bits per heavy atom. The molecule has 0 amide bonds. The summed E-state index contributed by atoms with van der Waals surface area (Å²) in [5.74, 6) is 0.908. The van der Waals surface area contributed by atoms with Gasteiger partial charge in [-0.15, -0.1) is 11.3 Å². The van der Waals surface area contributed by atoms with E-state index >= 15 is 0 Å². The van der Waals surface area contributed by atoms with Gasteiger partial charge >= 0.3 is 0 Å². The Morgan fingerprint density at radius 3 is 3.06 bits per heavy atom. The molecule has 0 spiro atoms. The Balaban J connectivity index is 2.16. The normalized spacial score (nSPS) is 11.1. The minimum absolute atomic E-state index is 0.908. The first kappa shape index (κ1) is 9.54. The average molecular weight is 229 g/mol. The number of rotatable bonds is 2. The lowest BCUT2D eigenvalue weighted by molar-refractivity contribution is 1.14. The maximum Gasteiger partial charge on any atom is 0.150 e. The summed E-state index contributed by atoms with van der Waals surface area (Å²) in [4.78, 5) is 13.0. The zero-order chi connectivity index (χ0) is 11.0. The molecule has 0 unspecified atom stereocenters. The van der Waals surface area contributed by atoms with Crippen molar-refractivity contribution >= 4 is 22.4 Å². The molecule has 1 N–H and O–H groups in total. The van der Waals surface area contributed by atoms with Crippen molar-refractivity contribution in [2.75, 3.05) is 0 Å². The molecule has 0 saturated carbocycles. The van der Waals surface area contributed by atoms with Gasteiger partial charge in [-0.05, 0) is 24.1 Å². The largest absolute Gasteiger partial charge is 0.337 e. The fourth-order valence-corrected chi connectivity index (χ4v) is 2.29. The van der Waals surface area contributed by atoms with Gasteiger partial charge in [0.2, 0.25) is 0 Å². The molecule has 0 bridgehead atoms. The van der Waals surface area contributed by atoms with Crippen LogP contribution in [0.4, 0.5) is 0 Å². The highest BCUT2D eigenvalue weighted by Crippen LogP contribution is 2.23. The highest BCUT2D eigenvalue weighted by molar-refractivity contribution is 7.13. The summed E-state index contributed by atoms with van der Waals surface area (Å²) in [6.45, 7) is 2.15. The van der Waals surface area contributed by atoms with E-state index in [1.807, 2.05) is 11.7 Å². The van der Waals surface area contributed by atoms with E-state index in [4.69, 9.17) is 0 Å². The van der Waals surface area contributed by atoms with Gasteiger partial charge in [0.15, 0.2) is 0 Å². The molecule has 1 aromatic carbocycles. The molecule has 16 heavy (non-hydrogen) atoms. The summed E-state index contributed by atoms with van der Waals surface area (Å²) in [5, 5.41) is 0. The number of thiazole rings is 1. The number of hydrogen-bond donors (Lipinski definition) is 1. The summed E-state index contributed by atoms with van der Waals surface area (Å²) >= 11 is 1.60. The van der Waals surface area contributed by atoms with Gasteiger partial charge in [0.1, 0.15) is 5.82 Å². The molecule has 3 aromatic rings. The van der Waals surface area contributed by atoms with Gasteiger partial charge < -0.3 is 4.98 Å². The highest BCUT2D eigenvalue weighted by atomic mass is 32.1. The Labute approximate surface area is 97.2 Å². The lowest BCUT2D eigenvalue weighted by atomic mass is 10.1.